The molecule has 0 aliphatic heterocycles. The smallest absolute Gasteiger partial charge is 0.405 e. The average molecular weight is 360 g/mol. The van der Waals surface area contributed by atoms with Gasteiger partial charge in [0.15, 0.2) is 0 Å². The molecule has 1 aromatic carbocycles. The van der Waals surface area contributed by atoms with Crippen LogP contribution in [0.5, 0.6) is 5.75 Å². The molecular weight excluding hydrogens is 332 g/mol. The molecule has 0 radical (unpaired) electrons. The maximum absolute atomic E-state index is 12.8. The lowest BCUT2D eigenvalue weighted by molar-refractivity contribution is -0.179. The Bertz CT molecular complexity index is 668. The van der Waals surface area contributed by atoms with Crippen LogP contribution in [0.1, 0.15) is 51.0 Å². The molecule has 1 aromatic rings. The van der Waals surface area contributed by atoms with E-state index in [2.05, 4.69) is 23.6 Å². The van der Waals surface area contributed by atoms with E-state index in [-0.39, 0.29) is 22.9 Å². The number of amides is 2. The highest BCUT2D eigenvalue weighted by Crippen LogP contribution is 2.67. The molecule has 2 bridgehead atoms. The highest BCUT2D eigenvalue weighted by molar-refractivity contribution is 5.88. The van der Waals surface area contributed by atoms with Crippen LogP contribution in [0.15, 0.2) is 24.3 Å². The Morgan fingerprint density at radius 3 is 2.65 bits per heavy atom. The summed E-state index contributed by atoms with van der Waals surface area (Å²) >= 11 is 0. The third kappa shape index (κ3) is 3.64. The first-order chi connectivity index (χ1) is 12.4. The van der Waals surface area contributed by atoms with Crippen molar-refractivity contribution in [1.29, 1.82) is 0 Å². The van der Waals surface area contributed by atoms with Crippen molar-refractivity contribution in [3.63, 3.8) is 0 Å². The lowest BCUT2D eigenvalue weighted by atomic mass is 9.39. The summed E-state index contributed by atoms with van der Waals surface area (Å²) in [5, 5.41) is 14.7. The second-order valence-electron chi connectivity index (χ2n) is 7.89. The van der Waals surface area contributed by atoms with Crippen LogP contribution < -0.4 is 15.4 Å². The summed E-state index contributed by atoms with van der Waals surface area (Å²) in [5.41, 5.74) is 0.434. The minimum atomic E-state index is -1.00. The number of unbranched alkanes of at least 4 members (excludes halogenated alkanes) is 1. The molecule has 0 aromatic heterocycles. The molecule has 0 heterocycles. The number of methoxy groups -OCH3 is 1. The zero-order valence-corrected chi connectivity index (χ0v) is 15.5. The number of hydrogen-bond acceptors (Lipinski definition) is 3. The highest BCUT2D eigenvalue weighted by Gasteiger charge is 2.72. The molecule has 3 aliphatic carbocycles. The third-order valence-electron chi connectivity index (χ3n) is 5.74. The number of carboxylic acid groups (broad SMARTS) is 1. The Morgan fingerprint density at radius 1 is 1.31 bits per heavy atom. The van der Waals surface area contributed by atoms with E-state index in [4.69, 9.17) is 9.84 Å². The van der Waals surface area contributed by atoms with Crippen molar-refractivity contribution in [2.45, 2.75) is 63.5 Å². The van der Waals surface area contributed by atoms with E-state index in [0.29, 0.717) is 19.3 Å². The maximum atomic E-state index is 12.8. The molecule has 0 saturated heterocycles. The standard InChI is InChI=1S/C20H28N2O4/c1-3-4-7-15(9-14-6-5-8-16(10-14)26-2)21-17(23)19-11-20(12-19,13-19)22-18(24)25/h5-6,8,10,15,22H,3-4,7,9,11-13H2,1-2H3,(H,21,23)(H,24,25)/t15-,19?,20?/m0/s1. The zero-order chi connectivity index (χ0) is 18.8. The normalized spacial score (nSPS) is 26.8. The van der Waals surface area contributed by atoms with Gasteiger partial charge in [0.25, 0.3) is 0 Å². The minimum absolute atomic E-state index is 0.0792. The second kappa shape index (κ2) is 7.17. The van der Waals surface area contributed by atoms with E-state index in [1.54, 1.807) is 7.11 Å². The van der Waals surface area contributed by atoms with Crippen molar-refractivity contribution in [2.75, 3.05) is 7.11 Å². The predicted octanol–water partition coefficient (Wildman–Crippen LogP) is 3.10. The summed E-state index contributed by atoms with van der Waals surface area (Å²) in [5.74, 6) is 0.903. The van der Waals surface area contributed by atoms with Gasteiger partial charge in [-0.3, -0.25) is 4.79 Å². The molecular formula is C20H28N2O4. The van der Waals surface area contributed by atoms with E-state index in [0.717, 1.165) is 37.0 Å². The van der Waals surface area contributed by atoms with E-state index in [1.807, 2.05) is 18.2 Å². The van der Waals surface area contributed by atoms with Gasteiger partial charge in [0.05, 0.1) is 12.5 Å². The van der Waals surface area contributed by atoms with Crippen LogP contribution in [0.3, 0.4) is 0 Å². The van der Waals surface area contributed by atoms with Crippen LogP contribution in [0, 0.1) is 5.41 Å². The molecule has 6 heteroatoms. The van der Waals surface area contributed by atoms with Gasteiger partial charge in [-0.1, -0.05) is 31.9 Å². The molecule has 3 saturated carbocycles. The molecule has 142 valence electrons. The van der Waals surface area contributed by atoms with Gasteiger partial charge >= 0.3 is 6.09 Å². The molecule has 2 amide bonds. The lowest BCUT2D eigenvalue weighted by Crippen LogP contribution is -2.78. The Labute approximate surface area is 154 Å². The summed E-state index contributed by atoms with van der Waals surface area (Å²) in [7, 11) is 1.65. The van der Waals surface area contributed by atoms with Gasteiger partial charge in [-0.25, -0.2) is 4.79 Å². The van der Waals surface area contributed by atoms with Crippen LogP contribution in [-0.2, 0) is 11.2 Å². The molecule has 3 N–H and O–H groups in total. The fourth-order valence-electron chi connectivity index (χ4n) is 4.49. The SMILES string of the molecule is CCCC[C@@H](Cc1cccc(OC)c1)NC(=O)C12CC(NC(=O)O)(C1)C2. The van der Waals surface area contributed by atoms with E-state index < -0.39 is 6.09 Å². The van der Waals surface area contributed by atoms with Crippen molar-refractivity contribution in [1.82, 2.24) is 10.6 Å². The topological polar surface area (TPSA) is 87.7 Å². The number of ether oxygens (including phenoxy) is 1. The first-order valence-corrected chi connectivity index (χ1v) is 9.35. The third-order valence-corrected chi connectivity index (χ3v) is 5.74. The van der Waals surface area contributed by atoms with Gasteiger partial charge in [-0.2, -0.15) is 0 Å². The van der Waals surface area contributed by atoms with Crippen molar-refractivity contribution in [3.05, 3.63) is 29.8 Å². The largest absolute Gasteiger partial charge is 0.497 e. The molecule has 3 fully saturated rings. The van der Waals surface area contributed by atoms with Crippen LogP contribution >= 0.6 is 0 Å². The van der Waals surface area contributed by atoms with Crippen LogP contribution in [0.4, 0.5) is 4.79 Å². The fourth-order valence-corrected chi connectivity index (χ4v) is 4.49. The van der Waals surface area contributed by atoms with Gasteiger partial charge in [0, 0.05) is 11.6 Å². The van der Waals surface area contributed by atoms with E-state index >= 15 is 0 Å². The lowest BCUT2D eigenvalue weighted by Gasteiger charge is -2.68. The van der Waals surface area contributed by atoms with Crippen LogP contribution in [-0.4, -0.2) is 35.8 Å². The van der Waals surface area contributed by atoms with Crippen molar-refractivity contribution >= 4 is 12.0 Å². The number of rotatable bonds is 9. The van der Waals surface area contributed by atoms with Crippen LogP contribution in [0.2, 0.25) is 0 Å². The van der Waals surface area contributed by atoms with E-state index in [9.17, 15) is 9.59 Å². The maximum Gasteiger partial charge on any atom is 0.405 e. The Morgan fingerprint density at radius 2 is 2.04 bits per heavy atom. The summed E-state index contributed by atoms with van der Waals surface area (Å²) < 4.78 is 5.29. The molecule has 1 atom stereocenters. The monoisotopic (exact) mass is 360 g/mol. The molecule has 26 heavy (non-hydrogen) atoms. The quantitative estimate of drug-likeness (QED) is 0.631. The first kappa shape index (κ1) is 18.5. The summed E-state index contributed by atoms with van der Waals surface area (Å²) in [6.45, 7) is 2.15. The van der Waals surface area contributed by atoms with Gasteiger partial charge in [0.1, 0.15) is 5.75 Å². The predicted molar refractivity (Wildman–Crippen MR) is 98.3 cm³/mol. The minimum Gasteiger partial charge on any atom is -0.497 e. The van der Waals surface area contributed by atoms with E-state index in [1.165, 1.54) is 0 Å². The van der Waals surface area contributed by atoms with Gasteiger partial charge < -0.3 is 20.5 Å². The summed E-state index contributed by atoms with van der Waals surface area (Å²) in [6.07, 6.45) is 4.73. The molecule has 6 nitrogen and oxygen atoms in total. The first-order valence-electron chi connectivity index (χ1n) is 9.35. The van der Waals surface area contributed by atoms with Gasteiger partial charge in [-0.15, -0.1) is 0 Å². The number of benzene rings is 1. The number of carbonyl (C=O) groups is 2. The molecule has 0 unspecified atom stereocenters. The second-order valence-corrected chi connectivity index (χ2v) is 7.89. The molecule has 4 rings (SSSR count). The fraction of sp³-hybridized carbons (Fsp3) is 0.600. The average Bonchev–Trinajstić information content (AvgIpc) is 2.54. The van der Waals surface area contributed by atoms with Crippen LogP contribution in [0.25, 0.3) is 0 Å². The van der Waals surface area contributed by atoms with Gasteiger partial charge in [0.2, 0.25) is 5.91 Å². The Balaban J connectivity index is 1.58. The Kier molecular flexibility index (Phi) is 5.12. The van der Waals surface area contributed by atoms with Crippen molar-refractivity contribution < 1.29 is 19.4 Å². The highest BCUT2D eigenvalue weighted by atomic mass is 16.5. The van der Waals surface area contributed by atoms with Crippen molar-refractivity contribution in [2.24, 2.45) is 5.41 Å². The number of carbonyl (C=O) groups excluding carboxylic acids is 1. The summed E-state index contributed by atoms with van der Waals surface area (Å²) in [6, 6.07) is 8.04. The van der Waals surface area contributed by atoms with Crippen molar-refractivity contribution in [3.8, 4) is 5.75 Å². The van der Waals surface area contributed by atoms with Gasteiger partial charge in [-0.05, 0) is 49.8 Å². The molecule has 0 spiro atoms. The number of hydrogen-bond donors (Lipinski definition) is 3. The number of nitrogens with one attached hydrogen (secondary N) is 2. The molecule has 3 aliphatic rings. The zero-order valence-electron chi connectivity index (χ0n) is 15.5. The Hall–Kier alpha value is -2.24. The summed E-state index contributed by atoms with van der Waals surface area (Å²) in [4.78, 5) is 23.6.